The first-order valence-electron chi connectivity index (χ1n) is 8.16. The monoisotopic (exact) mass is 440 g/mol. The van der Waals surface area contributed by atoms with Crippen molar-refractivity contribution in [2.24, 2.45) is 0 Å². The molecule has 156 valence electrons. The van der Waals surface area contributed by atoms with E-state index in [4.69, 9.17) is 0 Å². The number of ether oxygens (including phenoxy) is 1. The van der Waals surface area contributed by atoms with Crippen LogP contribution in [0.25, 0.3) is 0 Å². The molecule has 0 aromatic heterocycles. The van der Waals surface area contributed by atoms with Crippen LogP contribution in [0.1, 0.15) is 17.2 Å². The molecular formula is C18H21Cl2F3N2O3. The van der Waals surface area contributed by atoms with E-state index in [1.807, 2.05) is 0 Å². The second-order valence-electron chi connectivity index (χ2n) is 6.05. The molecule has 1 fully saturated rings. The highest BCUT2D eigenvalue weighted by atomic mass is 35.5. The van der Waals surface area contributed by atoms with Crippen LogP contribution in [0.4, 0.5) is 13.2 Å². The summed E-state index contributed by atoms with van der Waals surface area (Å²) in [7, 11) is 0. The van der Waals surface area contributed by atoms with E-state index in [-0.39, 0.29) is 48.1 Å². The fourth-order valence-electron chi connectivity index (χ4n) is 3.14. The van der Waals surface area contributed by atoms with Crippen LogP contribution in [0.5, 0.6) is 17.2 Å². The molecule has 5 nitrogen and oxygen atoms in total. The molecule has 1 aliphatic heterocycles. The first kappa shape index (κ1) is 24.2. The molecule has 1 heterocycles. The van der Waals surface area contributed by atoms with Gasteiger partial charge in [0.2, 0.25) is 0 Å². The zero-order chi connectivity index (χ0) is 18.7. The van der Waals surface area contributed by atoms with Crippen molar-refractivity contribution in [2.45, 2.75) is 12.4 Å². The fourth-order valence-corrected chi connectivity index (χ4v) is 3.14. The SMILES string of the molecule is Cl.Cl.Oc1ccc([C@H](c2ccc(OC(F)(F)F)cc2)N2CCNCC2)c(O)c1. The highest BCUT2D eigenvalue weighted by Crippen LogP contribution is 2.37. The van der Waals surface area contributed by atoms with Gasteiger partial charge in [-0.25, -0.2) is 0 Å². The molecule has 0 amide bonds. The molecule has 0 radical (unpaired) electrons. The lowest BCUT2D eigenvalue weighted by Crippen LogP contribution is -2.45. The molecule has 3 rings (SSSR count). The summed E-state index contributed by atoms with van der Waals surface area (Å²) in [6.07, 6.45) is -4.74. The Balaban J connectivity index is 0.00000196. The van der Waals surface area contributed by atoms with Crippen molar-refractivity contribution < 1.29 is 28.1 Å². The van der Waals surface area contributed by atoms with E-state index in [0.717, 1.165) is 18.7 Å². The topological polar surface area (TPSA) is 65.0 Å². The third-order valence-corrected chi connectivity index (χ3v) is 4.25. The molecule has 3 N–H and O–H groups in total. The summed E-state index contributed by atoms with van der Waals surface area (Å²) < 4.78 is 41.0. The molecule has 10 heteroatoms. The van der Waals surface area contributed by atoms with E-state index in [2.05, 4.69) is 15.0 Å². The number of alkyl halides is 3. The van der Waals surface area contributed by atoms with Gasteiger partial charge in [-0.2, -0.15) is 0 Å². The largest absolute Gasteiger partial charge is 0.573 e. The number of phenolic OH excluding ortho intramolecular Hbond substituents is 2. The standard InChI is InChI=1S/C18H19F3N2O3.2ClH/c19-18(20,21)26-14-4-1-12(2-5-14)17(23-9-7-22-8-10-23)15-6-3-13(24)11-16(15)25;;/h1-6,11,17,22,24-25H,7-10H2;2*1H/t17-;;/m0../s1. The molecule has 0 unspecified atom stereocenters. The molecule has 1 aliphatic rings. The lowest BCUT2D eigenvalue weighted by Gasteiger charge is -2.36. The van der Waals surface area contributed by atoms with E-state index in [1.54, 1.807) is 18.2 Å². The average molecular weight is 441 g/mol. The van der Waals surface area contributed by atoms with Crippen LogP contribution in [-0.4, -0.2) is 47.7 Å². The Morgan fingerprint density at radius 1 is 0.964 bits per heavy atom. The van der Waals surface area contributed by atoms with Gasteiger partial charge in [0.1, 0.15) is 17.2 Å². The van der Waals surface area contributed by atoms with Crippen LogP contribution in [-0.2, 0) is 0 Å². The summed E-state index contributed by atoms with van der Waals surface area (Å²) in [6.45, 7) is 2.97. The molecule has 2 aromatic rings. The van der Waals surface area contributed by atoms with Crippen molar-refractivity contribution in [3.05, 3.63) is 53.6 Å². The second kappa shape index (κ2) is 10.1. The molecule has 1 saturated heterocycles. The first-order valence-corrected chi connectivity index (χ1v) is 8.16. The van der Waals surface area contributed by atoms with Gasteiger partial charge in [-0.15, -0.1) is 38.0 Å². The Hall–Kier alpha value is -1.87. The number of piperazine rings is 1. The van der Waals surface area contributed by atoms with Gasteiger partial charge in [0.15, 0.2) is 0 Å². The van der Waals surface area contributed by atoms with Crippen LogP contribution in [0.15, 0.2) is 42.5 Å². The zero-order valence-corrected chi connectivity index (χ0v) is 16.3. The van der Waals surface area contributed by atoms with Crippen LogP contribution < -0.4 is 10.1 Å². The summed E-state index contributed by atoms with van der Waals surface area (Å²) >= 11 is 0. The molecule has 0 aliphatic carbocycles. The van der Waals surface area contributed by atoms with Gasteiger partial charge in [-0.05, 0) is 29.8 Å². The number of hydrogen-bond acceptors (Lipinski definition) is 5. The van der Waals surface area contributed by atoms with Crippen molar-refractivity contribution in [3.8, 4) is 17.2 Å². The van der Waals surface area contributed by atoms with Crippen LogP contribution in [0.2, 0.25) is 0 Å². The van der Waals surface area contributed by atoms with Gasteiger partial charge in [0.05, 0.1) is 6.04 Å². The lowest BCUT2D eigenvalue weighted by atomic mass is 9.95. The maximum absolute atomic E-state index is 12.4. The summed E-state index contributed by atoms with van der Waals surface area (Å²) in [5, 5.41) is 23.1. The maximum Gasteiger partial charge on any atom is 0.573 e. The Morgan fingerprint density at radius 3 is 2.11 bits per heavy atom. The summed E-state index contributed by atoms with van der Waals surface area (Å²) in [5.74, 6) is -0.418. The normalized spacial score (nSPS) is 15.8. The van der Waals surface area contributed by atoms with Crippen LogP contribution >= 0.6 is 24.8 Å². The van der Waals surface area contributed by atoms with Crippen molar-refractivity contribution in [3.63, 3.8) is 0 Å². The molecular weight excluding hydrogens is 420 g/mol. The van der Waals surface area contributed by atoms with E-state index in [9.17, 15) is 23.4 Å². The van der Waals surface area contributed by atoms with Gasteiger partial charge in [-0.1, -0.05) is 12.1 Å². The third-order valence-electron chi connectivity index (χ3n) is 4.25. The van der Waals surface area contributed by atoms with Crippen molar-refractivity contribution in [2.75, 3.05) is 26.2 Å². The van der Waals surface area contributed by atoms with E-state index >= 15 is 0 Å². The van der Waals surface area contributed by atoms with Crippen molar-refractivity contribution in [1.82, 2.24) is 10.2 Å². The maximum atomic E-state index is 12.4. The van der Waals surface area contributed by atoms with Gasteiger partial charge in [0.25, 0.3) is 0 Å². The highest BCUT2D eigenvalue weighted by molar-refractivity contribution is 5.85. The number of nitrogens with one attached hydrogen (secondary N) is 1. The van der Waals surface area contributed by atoms with Crippen molar-refractivity contribution in [1.29, 1.82) is 0 Å². The van der Waals surface area contributed by atoms with Gasteiger partial charge in [0, 0.05) is 37.8 Å². The average Bonchev–Trinajstić information content (AvgIpc) is 2.58. The lowest BCUT2D eigenvalue weighted by molar-refractivity contribution is -0.274. The second-order valence-corrected chi connectivity index (χ2v) is 6.05. The highest BCUT2D eigenvalue weighted by Gasteiger charge is 2.31. The van der Waals surface area contributed by atoms with Crippen LogP contribution in [0, 0.1) is 0 Å². The van der Waals surface area contributed by atoms with E-state index < -0.39 is 6.36 Å². The molecule has 2 aromatic carbocycles. The van der Waals surface area contributed by atoms with Gasteiger partial charge < -0.3 is 20.3 Å². The van der Waals surface area contributed by atoms with Crippen molar-refractivity contribution >= 4 is 24.8 Å². The van der Waals surface area contributed by atoms with Crippen LogP contribution in [0.3, 0.4) is 0 Å². The predicted octanol–water partition coefficient (Wildman–Crippen LogP) is 3.83. The number of hydrogen-bond donors (Lipinski definition) is 3. The quantitative estimate of drug-likeness (QED) is 0.673. The first-order chi connectivity index (χ1) is 12.3. The predicted molar refractivity (Wildman–Crippen MR) is 104 cm³/mol. The van der Waals surface area contributed by atoms with Gasteiger partial charge >= 0.3 is 6.36 Å². The minimum absolute atomic E-state index is 0. The van der Waals surface area contributed by atoms with Gasteiger partial charge in [-0.3, -0.25) is 4.90 Å². The molecule has 0 bridgehead atoms. The third kappa shape index (κ3) is 6.07. The smallest absolute Gasteiger partial charge is 0.508 e. The summed E-state index contributed by atoms with van der Waals surface area (Å²) in [4.78, 5) is 2.13. The molecule has 0 spiro atoms. The number of aromatic hydroxyl groups is 2. The number of halogens is 5. The Kier molecular flexibility index (Phi) is 8.69. The number of benzene rings is 2. The number of rotatable bonds is 4. The number of phenols is 2. The molecule has 0 saturated carbocycles. The Labute approximate surface area is 172 Å². The zero-order valence-electron chi connectivity index (χ0n) is 14.6. The Morgan fingerprint density at radius 2 is 1.57 bits per heavy atom. The van der Waals surface area contributed by atoms with E-state index in [1.165, 1.54) is 24.3 Å². The summed E-state index contributed by atoms with van der Waals surface area (Å²) in [5.41, 5.74) is 1.30. The summed E-state index contributed by atoms with van der Waals surface area (Å²) in [6, 6.07) is 9.64. The van der Waals surface area contributed by atoms with E-state index in [0.29, 0.717) is 18.7 Å². The minimum atomic E-state index is -4.74. The Bertz CT molecular complexity index is 755. The molecule has 28 heavy (non-hydrogen) atoms. The fraction of sp³-hybridized carbons (Fsp3) is 0.333. The molecule has 1 atom stereocenters. The minimum Gasteiger partial charge on any atom is -0.508 e. The number of nitrogens with zero attached hydrogens (tertiary/aromatic N) is 1.